The fourth-order valence-corrected chi connectivity index (χ4v) is 3.88. The van der Waals surface area contributed by atoms with Gasteiger partial charge in [0, 0.05) is 36.1 Å². The predicted octanol–water partition coefficient (Wildman–Crippen LogP) is 4.51. The Balaban J connectivity index is 1.84. The summed E-state index contributed by atoms with van der Waals surface area (Å²) in [5.41, 5.74) is 0.0665. The average Bonchev–Trinajstić information content (AvgIpc) is 2.86. The molecule has 1 aromatic carbocycles. The normalized spacial score (nSPS) is 20.6. The average molecular weight is 430 g/mol. The van der Waals surface area contributed by atoms with Crippen molar-refractivity contribution >= 4 is 17.0 Å². The minimum Gasteiger partial charge on any atom is -0.444 e. The first kappa shape index (κ1) is 22.4. The van der Waals surface area contributed by atoms with Gasteiger partial charge in [-0.05, 0) is 51.0 Å². The van der Waals surface area contributed by atoms with Crippen LogP contribution in [0.4, 0.5) is 22.4 Å². The number of aryl methyl sites for hydroxylation is 1. The van der Waals surface area contributed by atoms with Crippen molar-refractivity contribution in [3.05, 3.63) is 35.3 Å². The molecule has 9 heteroatoms. The zero-order valence-electron chi connectivity index (χ0n) is 17.4. The summed E-state index contributed by atoms with van der Waals surface area (Å²) in [4.78, 5) is 13.6. The van der Waals surface area contributed by atoms with Crippen molar-refractivity contribution in [2.45, 2.75) is 57.4 Å². The Bertz CT molecular complexity index is 946. The first-order chi connectivity index (χ1) is 13.7. The summed E-state index contributed by atoms with van der Waals surface area (Å²) < 4.78 is 59.9. The van der Waals surface area contributed by atoms with Gasteiger partial charge in [0.05, 0.1) is 19.1 Å². The van der Waals surface area contributed by atoms with Gasteiger partial charge in [0.25, 0.3) is 0 Å². The van der Waals surface area contributed by atoms with E-state index in [-0.39, 0.29) is 24.3 Å². The van der Waals surface area contributed by atoms with E-state index in [0.29, 0.717) is 17.3 Å². The molecule has 1 fully saturated rings. The Kier molecular flexibility index (Phi) is 5.79. The predicted molar refractivity (Wildman–Crippen MR) is 104 cm³/mol. The van der Waals surface area contributed by atoms with Crippen LogP contribution in [0.1, 0.15) is 44.4 Å². The van der Waals surface area contributed by atoms with E-state index in [1.54, 1.807) is 20.8 Å². The topological polar surface area (TPSA) is 54.7 Å². The molecule has 5 nitrogen and oxygen atoms in total. The minimum atomic E-state index is -4.37. The van der Waals surface area contributed by atoms with Crippen LogP contribution in [0.25, 0.3) is 10.9 Å². The van der Waals surface area contributed by atoms with Crippen LogP contribution < -0.4 is 0 Å². The summed E-state index contributed by atoms with van der Waals surface area (Å²) in [6, 6.07) is 4.04. The molecule has 1 aliphatic heterocycles. The number of aromatic nitrogens is 1. The van der Waals surface area contributed by atoms with Crippen LogP contribution in [0.3, 0.4) is 0 Å². The summed E-state index contributed by atoms with van der Waals surface area (Å²) in [5, 5.41) is 11.0. The van der Waals surface area contributed by atoms with Crippen molar-refractivity contribution in [3.8, 4) is 0 Å². The highest BCUT2D eigenvalue weighted by molar-refractivity contribution is 5.82. The van der Waals surface area contributed by atoms with Gasteiger partial charge < -0.3 is 19.3 Å². The Labute approximate surface area is 172 Å². The fraction of sp³-hybridized carbons (Fsp3) is 0.571. The van der Waals surface area contributed by atoms with E-state index >= 15 is 0 Å². The van der Waals surface area contributed by atoms with E-state index in [1.165, 1.54) is 34.7 Å². The van der Waals surface area contributed by atoms with Gasteiger partial charge in [0.15, 0.2) is 0 Å². The molecule has 0 radical (unpaired) electrons. The highest BCUT2D eigenvalue weighted by Crippen LogP contribution is 2.35. The molecule has 30 heavy (non-hydrogen) atoms. The maximum atomic E-state index is 14.8. The van der Waals surface area contributed by atoms with Gasteiger partial charge in [0.2, 0.25) is 0 Å². The van der Waals surface area contributed by atoms with Crippen LogP contribution >= 0.6 is 0 Å². The number of piperidine rings is 1. The summed E-state index contributed by atoms with van der Waals surface area (Å²) in [5.74, 6) is -1.16. The van der Waals surface area contributed by atoms with E-state index in [1.807, 2.05) is 0 Å². The molecule has 2 heterocycles. The number of amides is 1. The van der Waals surface area contributed by atoms with Gasteiger partial charge in [-0.2, -0.15) is 13.2 Å². The third kappa shape index (κ3) is 4.88. The number of ether oxygens (including phenoxy) is 1. The fourth-order valence-electron chi connectivity index (χ4n) is 3.88. The standard InChI is InChI=1S/C21H26F4N2O3/c1-20(2,3)30-19(29)27-6-5-14(18(28)11-27)15-9-17-12(8-16(15)22)7-13(26(17)4)10-21(23,24)25/h7-9,14,18,28H,5-6,10-11H2,1-4H3/t14-,18+/m0/s1. The number of aliphatic hydroxyl groups excluding tert-OH is 1. The molecule has 2 atom stereocenters. The van der Waals surface area contributed by atoms with E-state index in [4.69, 9.17) is 4.74 Å². The molecule has 0 aliphatic carbocycles. The van der Waals surface area contributed by atoms with Crippen LogP contribution in [0, 0.1) is 5.82 Å². The number of rotatable bonds is 2. The van der Waals surface area contributed by atoms with Crippen LogP contribution in [-0.2, 0) is 18.2 Å². The lowest BCUT2D eigenvalue weighted by atomic mass is 9.86. The Morgan fingerprint density at radius 1 is 1.23 bits per heavy atom. The highest BCUT2D eigenvalue weighted by Gasteiger charge is 2.35. The quantitative estimate of drug-likeness (QED) is 0.714. The molecule has 0 bridgehead atoms. The monoisotopic (exact) mass is 430 g/mol. The first-order valence-corrected chi connectivity index (χ1v) is 9.75. The lowest BCUT2D eigenvalue weighted by Gasteiger charge is -2.37. The van der Waals surface area contributed by atoms with Gasteiger partial charge in [-0.25, -0.2) is 9.18 Å². The molecule has 166 valence electrons. The lowest BCUT2D eigenvalue weighted by molar-refractivity contribution is -0.128. The second-order valence-electron chi connectivity index (χ2n) is 8.81. The van der Waals surface area contributed by atoms with Gasteiger partial charge in [-0.3, -0.25) is 0 Å². The number of carbonyl (C=O) groups excluding carboxylic acids is 1. The number of β-amino-alcohol motifs (C(OH)–C–C–N with tert-alkyl or cyclic N) is 1. The molecule has 1 saturated heterocycles. The van der Waals surface area contributed by atoms with E-state index in [2.05, 4.69) is 0 Å². The van der Waals surface area contributed by atoms with Crippen molar-refractivity contribution in [2.24, 2.45) is 7.05 Å². The van der Waals surface area contributed by atoms with Crippen LogP contribution in [0.5, 0.6) is 0 Å². The van der Waals surface area contributed by atoms with Gasteiger partial charge in [-0.1, -0.05) is 0 Å². The van der Waals surface area contributed by atoms with E-state index < -0.39 is 42.1 Å². The SMILES string of the molecule is Cn1c(CC(F)(F)F)cc2cc(F)c([C@@H]3CCN(C(=O)OC(C)(C)C)C[C@H]3O)cc21. The number of fused-ring (bicyclic) bond motifs is 1. The Morgan fingerprint density at radius 2 is 1.90 bits per heavy atom. The maximum absolute atomic E-state index is 14.8. The molecule has 3 rings (SSSR count). The molecular formula is C21H26F4N2O3. The number of alkyl halides is 3. The van der Waals surface area contributed by atoms with E-state index in [9.17, 15) is 27.5 Å². The number of likely N-dealkylation sites (tertiary alicyclic amines) is 1. The summed E-state index contributed by atoms with van der Waals surface area (Å²) in [6.07, 6.45) is -6.73. The van der Waals surface area contributed by atoms with Gasteiger partial charge >= 0.3 is 12.3 Å². The van der Waals surface area contributed by atoms with Crippen molar-refractivity contribution in [2.75, 3.05) is 13.1 Å². The second-order valence-corrected chi connectivity index (χ2v) is 8.81. The molecule has 1 aliphatic rings. The van der Waals surface area contributed by atoms with Crippen LogP contribution in [0.2, 0.25) is 0 Å². The smallest absolute Gasteiger partial charge is 0.410 e. The summed E-state index contributed by atoms with van der Waals surface area (Å²) in [6.45, 7) is 5.49. The number of hydrogen-bond donors (Lipinski definition) is 1. The van der Waals surface area contributed by atoms with Gasteiger partial charge in [0.1, 0.15) is 11.4 Å². The number of carbonyl (C=O) groups is 1. The molecule has 1 N–H and O–H groups in total. The molecule has 1 aromatic heterocycles. The first-order valence-electron chi connectivity index (χ1n) is 9.75. The lowest BCUT2D eigenvalue weighted by Crippen LogP contribution is -2.47. The van der Waals surface area contributed by atoms with Crippen molar-refractivity contribution < 1.29 is 32.2 Å². The zero-order valence-corrected chi connectivity index (χ0v) is 17.4. The summed E-state index contributed by atoms with van der Waals surface area (Å²) >= 11 is 0. The molecule has 0 unspecified atom stereocenters. The Hall–Kier alpha value is -2.29. The zero-order chi connectivity index (χ0) is 22.4. The summed E-state index contributed by atoms with van der Waals surface area (Å²) in [7, 11) is 1.51. The molecule has 2 aromatic rings. The molecular weight excluding hydrogens is 404 g/mol. The molecule has 1 amide bonds. The third-order valence-electron chi connectivity index (χ3n) is 5.27. The maximum Gasteiger partial charge on any atom is 0.410 e. The largest absolute Gasteiger partial charge is 0.444 e. The van der Waals surface area contributed by atoms with Crippen molar-refractivity contribution in [1.29, 1.82) is 0 Å². The number of hydrogen-bond acceptors (Lipinski definition) is 3. The number of nitrogens with zero attached hydrogens (tertiary/aromatic N) is 2. The third-order valence-corrected chi connectivity index (χ3v) is 5.27. The highest BCUT2D eigenvalue weighted by atomic mass is 19.4. The number of benzene rings is 1. The van der Waals surface area contributed by atoms with Crippen LogP contribution in [-0.4, -0.2) is 51.6 Å². The van der Waals surface area contributed by atoms with Crippen LogP contribution in [0.15, 0.2) is 18.2 Å². The number of halogens is 4. The van der Waals surface area contributed by atoms with Gasteiger partial charge in [-0.15, -0.1) is 0 Å². The van der Waals surface area contributed by atoms with Crippen molar-refractivity contribution in [1.82, 2.24) is 9.47 Å². The second kappa shape index (κ2) is 7.76. The number of aliphatic hydroxyl groups is 1. The van der Waals surface area contributed by atoms with E-state index in [0.717, 1.165) is 0 Å². The Morgan fingerprint density at radius 3 is 2.47 bits per heavy atom. The molecule has 0 spiro atoms. The van der Waals surface area contributed by atoms with Crippen molar-refractivity contribution in [3.63, 3.8) is 0 Å². The minimum absolute atomic E-state index is 0.0104. The molecule has 0 saturated carbocycles.